The number of nitrogens with zero attached hydrogens (tertiary/aromatic N) is 1. The van der Waals surface area contributed by atoms with Gasteiger partial charge in [-0.1, -0.05) is 0 Å². The number of ether oxygens (including phenoxy) is 2. The summed E-state index contributed by atoms with van der Waals surface area (Å²) in [6.07, 6.45) is 2.30. The highest BCUT2D eigenvalue weighted by Crippen LogP contribution is 2.26. The molecule has 0 radical (unpaired) electrons. The smallest absolute Gasteiger partial charge is 0.327 e. The quantitative estimate of drug-likeness (QED) is 0.748. The third-order valence-corrected chi connectivity index (χ3v) is 4.06. The van der Waals surface area contributed by atoms with Crippen molar-refractivity contribution in [2.75, 3.05) is 33.4 Å². The number of morpholine rings is 1. The van der Waals surface area contributed by atoms with Crippen molar-refractivity contribution in [1.82, 2.24) is 10.2 Å². The molecule has 1 heterocycles. The Morgan fingerprint density at radius 3 is 2.74 bits per heavy atom. The van der Waals surface area contributed by atoms with Gasteiger partial charge >= 0.3 is 5.97 Å². The van der Waals surface area contributed by atoms with Gasteiger partial charge in [-0.2, -0.15) is 0 Å². The van der Waals surface area contributed by atoms with Crippen LogP contribution < -0.4 is 5.32 Å². The normalized spacial score (nSPS) is 26.7. The molecule has 19 heavy (non-hydrogen) atoms. The maximum absolute atomic E-state index is 12.1. The van der Waals surface area contributed by atoms with Gasteiger partial charge in [-0.05, 0) is 33.6 Å². The first-order chi connectivity index (χ1) is 8.87. The molecule has 0 spiro atoms. The lowest BCUT2D eigenvalue weighted by Gasteiger charge is -2.45. The van der Waals surface area contributed by atoms with E-state index in [9.17, 15) is 4.79 Å². The minimum absolute atomic E-state index is 0.0429. The van der Waals surface area contributed by atoms with E-state index in [0.717, 1.165) is 26.0 Å². The Morgan fingerprint density at radius 2 is 2.21 bits per heavy atom. The Kier molecular flexibility index (Phi) is 4.18. The molecule has 5 nitrogen and oxygen atoms in total. The molecule has 2 fully saturated rings. The molecule has 1 atom stereocenters. The number of esters is 1. The summed E-state index contributed by atoms with van der Waals surface area (Å²) in [4.78, 5) is 14.5. The number of rotatable bonds is 5. The Bertz CT molecular complexity index is 342. The average molecular weight is 270 g/mol. The van der Waals surface area contributed by atoms with Crippen LogP contribution in [0, 0.1) is 0 Å². The summed E-state index contributed by atoms with van der Waals surface area (Å²) >= 11 is 0. The van der Waals surface area contributed by atoms with Gasteiger partial charge in [0.2, 0.25) is 0 Å². The first-order valence-corrected chi connectivity index (χ1v) is 7.06. The standard InChI is InChI=1S/C14H26N2O3/c1-13(2)10-19-8-7-16(13)9-14(3,12(17)18-4)15-11-5-6-11/h11,15H,5-10H2,1-4H3. The number of carbonyl (C=O) groups excluding carboxylic acids is 1. The van der Waals surface area contributed by atoms with Crippen molar-refractivity contribution in [3.05, 3.63) is 0 Å². The maximum atomic E-state index is 12.1. The SMILES string of the molecule is COC(=O)C(C)(CN1CCOCC1(C)C)NC1CC1. The summed E-state index contributed by atoms with van der Waals surface area (Å²) in [5, 5.41) is 3.45. The van der Waals surface area contributed by atoms with E-state index in [-0.39, 0.29) is 11.5 Å². The summed E-state index contributed by atoms with van der Waals surface area (Å²) in [6.45, 7) is 9.20. The molecule has 1 saturated carbocycles. The van der Waals surface area contributed by atoms with Crippen molar-refractivity contribution in [2.24, 2.45) is 0 Å². The van der Waals surface area contributed by atoms with Crippen LogP contribution in [0.5, 0.6) is 0 Å². The zero-order valence-corrected chi connectivity index (χ0v) is 12.5. The number of carbonyl (C=O) groups is 1. The molecule has 0 amide bonds. The van der Waals surface area contributed by atoms with E-state index in [1.165, 1.54) is 7.11 Å². The van der Waals surface area contributed by atoms with Crippen LogP contribution in [-0.4, -0.2) is 61.4 Å². The maximum Gasteiger partial charge on any atom is 0.327 e. The van der Waals surface area contributed by atoms with Crippen molar-refractivity contribution >= 4 is 5.97 Å². The Balaban J connectivity index is 2.07. The zero-order chi connectivity index (χ0) is 14.1. The van der Waals surface area contributed by atoms with Gasteiger partial charge < -0.3 is 9.47 Å². The van der Waals surface area contributed by atoms with E-state index in [4.69, 9.17) is 9.47 Å². The predicted molar refractivity (Wildman–Crippen MR) is 73.0 cm³/mol. The van der Waals surface area contributed by atoms with Crippen LogP contribution in [0.1, 0.15) is 33.6 Å². The summed E-state index contributed by atoms with van der Waals surface area (Å²) < 4.78 is 10.5. The summed E-state index contributed by atoms with van der Waals surface area (Å²) in [5.41, 5.74) is -0.677. The van der Waals surface area contributed by atoms with Crippen molar-refractivity contribution < 1.29 is 14.3 Å². The van der Waals surface area contributed by atoms with Gasteiger partial charge in [0.15, 0.2) is 0 Å². The van der Waals surface area contributed by atoms with Crippen LogP contribution in [0.2, 0.25) is 0 Å². The highest BCUT2D eigenvalue weighted by molar-refractivity contribution is 5.80. The van der Waals surface area contributed by atoms with Crippen molar-refractivity contribution in [3.63, 3.8) is 0 Å². The van der Waals surface area contributed by atoms with Gasteiger partial charge in [0, 0.05) is 24.7 Å². The zero-order valence-electron chi connectivity index (χ0n) is 12.5. The largest absolute Gasteiger partial charge is 0.468 e. The average Bonchev–Trinajstić information content (AvgIpc) is 3.14. The molecule has 2 aliphatic rings. The lowest BCUT2D eigenvalue weighted by Crippen LogP contribution is -2.64. The number of hydrogen-bond donors (Lipinski definition) is 1. The van der Waals surface area contributed by atoms with Crippen molar-refractivity contribution in [2.45, 2.75) is 50.7 Å². The Labute approximate surface area is 115 Å². The van der Waals surface area contributed by atoms with Crippen molar-refractivity contribution in [3.8, 4) is 0 Å². The van der Waals surface area contributed by atoms with Gasteiger partial charge in [0.25, 0.3) is 0 Å². The second-order valence-corrected chi connectivity index (χ2v) is 6.53. The van der Waals surface area contributed by atoms with Crippen LogP contribution in [0.3, 0.4) is 0 Å². The van der Waals surface area contributed by atoms with E-state index in [0.29, 0.717) is 19.2 Å². The molecule has 110 valence electrons. The van der Waals surface area contributed by atoms with Crippen LogP contribution in [0.15, 0.2) is 0 Å². The summed E-state index contributed by atoms with van der Waals surface area (Å²) in [6, 6.07) is 0.466. The highest BCUT2D eigenvalue weighted by Gasteiger charge is 2.43. The van der Waals surface area contributed by atoms with Crippen LogP contribution in [0.25, 0.3) is 0 Å². The van der Waals surface area contributed by atoms with Gasteiger partial charge in [0.1, 0.15) is 5.54 Å². The molecule has 0 aromatic rings. The molecule has 2 rings (SSSR count). The molecule has 1 aliphatic carbocycles. The third-order valence-electron chi connectivity index (χ3n) is 4.06. The van der Waals surface area contributed by atoms with Gasteiger partial charge in [-0.25, -0.2) is 0 Å². The second-order valence-electron chi connectivity index (χ2n) is 6.53. The molecule has 0 aromatic carbocycles. The fourth-order valence-corrected chi connectivity index (χ4v) is 2.64. The molecular weight excluding hydrogens is 244 g/mol. The lowest BCUT2D eigenvalue weighted by molar-refractivity contribution is -0.151. The number of methoxy groups -OCH3 is 1. The van der Waals surface area contributed by atoms with Gasteiger partial charge in [-0.3, -0.25) is 15.0 Å². The molecule has 1 unspecified atom stereocenters. The van der Waals surface area contributed by atoms with Crippen LogP contribution in [0.4, 0.5) is 0 Å². The molecule has 1 saturated heterocycles. The van der Waals surface area contributed by atoms with Crippen molar-refractivity contribution in [1.29, 1.82) is 0 Å². The molecular formula is C14H26N2O3. The molecule has 0 aromatic heterocycles. The van der Waals surface area contributed by atoms with Crippen LogP contribution in [-0.2, 0) is 14.3 Å². The minimum Gasteiger partial charge on any atom is -0.468 e. The van der Waals surface area contributed by atoms with E-state index in [2.05, 4.69) is 24.1 Å². The Hall–Kier alpha value is -0.650. The molecule has 1 N–H and O–H groups in total. The summed E-state index contributed by atoms with van der Waals surface area (Å²) in [7, 11) is 1.46. The van der Waals surface area contributed by atoms with Crippen LogP contribution >= 0.6 is 0 Å². The van der Waals surface area contributed by atoms with E-state index < -0.39 is 5.54 Å². The second kappa shape index (κ2) is 5.38. The van der Waals surface area contributed by atoms with E-state index in [1.807, 2.05) is 6.92 Å². The van der Waals surface area contributed by atoms with E-state index >= 15 is 0 Å². The first kappa shape index (κ1) is 14.8. The monoisotopic (exact) mass is 270 g/mol. The summed E-state index contributed by atoms with van der Waals surface area (Å²) in [5.74, 6) is -0.179. The number of nitrogens with one attached hydrogen (secondary N) is 1. The number of hydrogen-bond acceptors (Lipinski definition) is 5. The molecule has 1 aliphatic heterocycles. The highest BCUT2D eigenvalue weighted by atomic mass is 16.5. The molecule has 5 heteroatoms. The topological polar surface area (TPSA) is 50.8 Å². The predicted octanol–water partition coefficient (Wildman–Crippen LogP) is 0.781. The Morgan fingerprint density at radius 1 is 1.53 bits per heavy atom. The molecule has 0 bridgehead atoms. The van der Waals surface area contributed by atoms with Gasteiger partial charge in [-0.15, -0.1) is 0 Å². The van der Waals surface area contributed by atoms with Gasteiger partial charge in [0.05, 0.1) is 20.3 Å². The third kappa shape index (κ3) is 3.46. The van der Waals surface area contributed by atoms with E-state index in [1.54, 1.807) is 0 Å². The fraction of sp³-hybridized carbons (Fsp3) is 0.929. The minimum atomic E-state index is -0.634. The lowest BCUT2D eigenvalue weighted by atomic mass is 9.95. The fourth-order valence-electron chi connectivity index (χ4n) is 2.64. The first-order valence-electron chi connectivity index (χ1n) is 7.06.